The van der Waals surface area contributed by atoms with E-state index in [1.54, 1.807) is 30.4 Å². The predicted octanol–water partition coefficient (Wildman–Crippen LogP) is 3.34. The van der Waals surface area contributed by atoms with Crippen LogP contribution in [0.25, 0.3) is 0 Å². The van der Waals surface area contributed by atoms with Crippen molar-refractivity contribution in [2.45, 2.75) is 57.5 Å². The minimum absolute atomic E-state index is 0.0222. The molecule has 0 aromatic heterocycles. The SMILES string of the molecule is O=C(O)CCCC(O)C=CC=CC=CC(=O)CC=CCCCCCO. The Kier molecular flexibility index (Phi) is 15.5. The molecule has 0 aromatic rings. The van der Waals surface area contributed by atoms with Crippen molar-refractivity contribution < 1.29 is 24.9 Å². The summed E-state index contributed by atoms with van der Waals surface area (Å²) in [5.74, 6) is -0.837. The van der Waals surface area contributed by atoms with Gasteiger partial charge >= 0.3 is 5.97 Å². The zero-order chi connectivity index (χ0) is 18.8. The lowest BCUT2D eigenvalue weighted by Crippen LogP contribution is -2.03. The third-order valence-corrected chi connectivity index (χ3v) is 3.35. The Morgan fingerprint density at radius 2 is 1.68 bits per heavy atom. The van der Waals surface area contributed by atoms with Crippen molar-refractivity contribution in [3.63, 3.8) is 0 Å². The van der Waals surface area contributed by atoms with Gasteiger partial charge in [0.25, 0.3) is 0 Å². The fourth-order valence-corrected chi connectivity index (χ4v) is 1.98. The standard InChI is InChI=1S/C20H30O5/c21-17-10-6-2-1-3-7-12-18(22)13-8-4-5-9-14-19(23)15-11-16-20(24)25/h3-5,7-9,13-14,19,21,23H,1-2,6,10-12,15-17H2,(H,24,25). The first-order valence-corrected chi connectivity index (χ1v) is 8.76. The highest BCUT2D eigenvalue weighted by molar-refractivity contribution is 5.90. The number of rotatable bonds is 15. The lowest BCUT2D eigenvalue weighted by Gasteiger charge is -2.02. The second-order valence-corrected chi connectivity index (χ2v) is 5.70. The Bertz CT molecular complexity index is 474. The smallest absolute Gasteiger partial charge is 0.303 e. The van der Waals surface area contributed by atoms with E-state index in [1.807, 2.05) is 12.2 Å². The number of hydrogen-bond donors (Lipinski definition) is 3. The van der Waals surface area contributed by atoms with Crippen LogP contribution in [0.1, 0.15) is 51.4 Å². The number of aliphatic carboxylic acids is 1. The number of carbonyl (C=O) groups excluding carboxylic acids is 1. The molecular weight excluding hydrogens is 320 g/mol. The number of hydrogen-bond acceptors (Lipinski definition) is 4. The Labute approximate surface area is 150 Å². The quantitative estimate of drug-likeness (QED) is 0.182. The largest absolute Gasteiger partial charge is 0.481 e. The first kappa shape index (κ1) is 23.0. The Hall–Kier alpha value is -1.98. The molecule has 140 valence electrons. The van der Waals surface area contributed by atoms with Crippen molar-refractivity contribution in [1.82, 2.24) is 0 Å². The van der Waals surface area contributed by atoms with Crippen LogP contribution >= 0.6 is 0 Å². The topological polar surface area (TPSA) is 94.8 Å². The van der Waals surface area contributed by atoms with Crippen LogP contribution in [0, 0.1) is 0 Å². The van der Waals surface area contributed by atoms with Crippen molar-refractivity contribution >= 4 is 11.8 Å². The van der Waals surface area contributed by atoms with Crippen LogP contribution in [0.15, 0.2) is 48.6 Å². The van der Waals surface area contributed by atoms with Gasteiger partial charge in [-0.3, -0.25) is 9.59 Å². The third kappa shape index (κ3) is 18.2. The summed E-state index contributed by atoms with van der Waals surface area (Å²) in [5, 5.41) is 26.7. The molecule has 25 heavy (non-hydrogen) atoms. The molecule has 1 unspecified atom stereocenters. The summed E-state index contributed by atoms with van der Waals surface area (Å²) in [6.45, 7) is 0.236. The van der Waals surface area contributed by atoms with Crippen LogP contribution in [-0.2, 0) is 9.59 Å². The van der Waals surface area contributed by atoms with Crippen molar-refractivity contribution in [3.05, 3.63) is 48.6 Å². The summed E-state index contributed by atoms with van der Waals surface area (Å²) in [7, 11) is 0. The van der Waals surface area contributed by atoms with E-state index in [4.69, 9.17) is 10.2 Å². The van der Waals surface area contributed by atoms with Crippen LogP contribution in [0.3, 0.4) is 0 Å². The summed E-state index contributed by atoms with van der Waals surface area (Å²) in [6.07, 6.45) is 18.1. The molecule has 1 atom stereocenters. The summed E-state index contributed by atoms with van der Waals surface area (Å²) < 4.78 is 0. The second kappa shape index (κ2) is 16.9. The van der Waals surface area contributed by atoms with E-state index in [0.29, 0.717) is 19.3 Å². The van der Waals surface area contributed by atoms with Crippen LogP contribution in [0.2, 0.25) is 0 Å². The van der Waals surface area contributed by atoms with Gasteiger partial charge in [-0.1, -0.05) is 49.0 Å². The van der Waals surface area contributed by atoms with Crippen LogP contribution in [0.5, 0.6) is 0 Å². The normalized spacial score (nSPS) is 13.5. The maximum absolute atomic E-state index is 11.6. The summed E-state index contributed by atoms with van der Waals surface area (Å²) in [5.41, 5.74) is 0. The number of aliphatic hydroxyl groups excluding tert-OH is 2. The fourth-order valence-electron chi connectivity index (χ4n) is 1.98. The molecule has 0 spiro atoms. The number of allylic oxidation sites excluding steroid dienone is 7. The molecule has 0 heterocycles. The van der Waals surface area contributed by atoms with Crippen molar-refractivity contribution in [2.75, 3.05) is 6.61 Å². The third-order valence-electron chi connectivity index (χ3n) is 3.35. The minimum atomic E-state index is -0.859. The van der Waals surface area contributed by atoms with Crippen molar-refractivity contribution in [2.24, 2.45) is 0 Å². The number of carboxylic acid groups (broad SMARTS) is 1. The molecule has 0 aliphatic carbocycles. The first-order chi connectivity index (χ1) is 12.1. The van der Waals surface area contributed by atoms with E-state index < -0.39 is 12.1 Å². The molecule has 0 saturated heterocycles. The van der Waals surface area contributed by atoms with Gasteiger partial charge in [0, 0.05) is 19.4 Å². The van der Waals surface area contributed by atoms with Gasteiger partial charge in [0.2, 0.25) is 0 Å². The molecule has 0 aliphatic rings. The van der Waals surface area contributed by atoms with Crippen LogP contribution < -0.4 is 0 Å². The number of ketones is 1. The molecule has 3 N–H and O–H groups in total. The zero-order valence-electron chi connectivity index (χ0n) is 14.7. The van der Waals surface area contributed by atoms with Gasteiger partial charge in [-0.2, -0.15) is 0 Å². The van der Waals surface area contributed by atoms with E-state index in [0.717, 1.165) is 25.7 Å². The van der Waals surface area contributed by atoms with Gasteiger partial charge in [0.1, 0.15) is 0 Å². The van der Waals surface area contributed by atoms with Gasteiger partial charge in [0.15, 0.2) is 5.78 Å². The van der Waals surface area contributed by atoms with Crippen LogP contribution in [0.4, 0.5) is 0 Å². The van der Waals surface area contributed by atoms with Crippen molar-refractivity contribution in [3.8, 4) is 0 Å². The van der Waals surface area contributed by atoms with Gasteiger partial charge in [0.05, 0.1) is 6.10 Å². The molecule has 0 aliphatic heterocycles. The molecule has 5 heteroatoms. The van der Waals surface area contributed by atoms with E-state index in [9.17, 15) is 14.7 Å². The molecular formula is C20H30O5. The summed E-state index contributed by atoms with van der Waals surface area (Å²) >= 11 is 0. The Morgan fingerprint density at radius 3 is 2.40 bits per heavy atom. The van der Waals surface area contributed by atoms with Gasteiger partial charge in [-0.15, -0.1) is 0 Å². The van der Waals surface area contributed by atoms with Crippen molar-refractivity contribution in [1.29, 1.82) is 0 Å². The maximum atomic E-state index is 11.6. The average Bonchev–Trinajstić information content (AvgIpc) is 2.56. The molecule has 5 nitrogen and oxygen atoms in total. The second-order valence-electron chi connectivity index (χ2n) is 5.70. The van der Waals surface area contributed by atoms with Crippen LogP contribution in [-0.4, -0.2) is 39.8 Å². The molecule has 0 rings (SSSR count). The molecule has 0 radical (unpaired) electrons. The van der Waals surface area contributed by atoms with Gasteiger partial charge < -0.3 is 15.3 Å². The summed E-state index contributed by atoms with van der Waals surface area (Å²) in [6, 6.07) is 0. The Balaban J connectivity index is 3.81. The number of carbonyl (C=O) groups is 2. The molecule has 0 bridgehead atoms. The fraction of sp³-hybridized carbons (Fsp3) is 0.500. The van der Waals surface area contributed by atoms with Gasteiger partial charge in [-0.25, -0.2) is 0 Å². The highest BCUT2D eigenvalue weighted by Gasteiger charge is 2.01. The highest BCUT2D eigenvalue weighted by atomic mass is 16.4. The van der Waals surface area contributed by atoms with E-state index in [-0.39, 0.29) is 18.8 Å². The molecule has 0 fully saturated rings. The van der Waals surface area contributed by atoms with E-state index in [1.165, 1.54) is 6.08 Å². The monoisotopic (exact) mass is 350 g/mol. The molecule has 0 aromatic carbocycles. The van der Waals surface area contributed by atoms with E-state index in [2.05, 4.69) is 0 Å². The lowest BCUT2D eigenvalue weighted by atomic mass is 10.1. The first-order valence-electron chi connectivity index (χ1n) is 8.76. The average molecular weight is 350 g/mol. The number of aliphatic hydroxyl groups is 2. The lowest BCUT2D eigenvalue weighted by molar-refractivity contribution is -0.137. The zero-order valence-corrected chi connectivity index (χ0v) is 14.7. The minimum Gasteiger partial charge on any atom is -0.481 e. The Morgan fingerprint density at radius 1 is 0.920 bits per heavy atom. The van der Waals surface area contributed by atoms with Gasteiger partial charge in [-0.05, 0) is 38.2 Å². The number of carboxylic acids is 1. The molecule has 0 saturated carbocycles. The van der Waals surface area contributed by atoms with E-state index >= 15 is 0 Å². The summed E-state index contributed by atoms with van der Waals surface area (Å²) in [4.78, 5) is 21.9. The highest BCUT2D eigenvalue weighted by Crippen LogP contribution is 2.03. The molecule has 0 amide bonds. The predicted molar refractivity (Wildman–Crippen MR) is 99.2 cm³/mol. The maximum Gasteiger partial charge on any atom is 0.303 e. The number of unbranched alkanes of at least 4 members (excludes halogenated alkanes) is 3.